The number of aryl methyl sites for hydroxylation is 1. The monoisotopic (exact) mass is 265 g/mol. The molecule has 2 nitrogen and oxygen atoms in total. The van der Waals surface area contributed by atoms with Crippen molar-refractivity contribution in [2.24, 2.45) is 0 Å². The average Bonchev–Trinajstić information content (AvgIpc) is 2.89. The molecule has 1 aliphatic rings. The summed E-state index contributed by atoms with van der Waals surface area (Å²) < 4.78 is 5.84. The van der Waals surface area contributed by atoms with Gasteiger partial charge in [-0.25, -0.2) is 0 Å². The lowest BCUT2D eigenvalue weighted by Crippen LogP contribution is -2.25. The summed E-state index contributed by atoms with van der Waals surface area (Å²) in [4.78, 5) is 2.83. The smallest absolute Gasteiger partial charge is 0.114 e. The molecule has 0 amide bonds. The number of rotatable bonds is 6. The fourth-order valence-electron chi connectivity index (χ4n) is 2.15. The molecule has 1 aliphatic heterocycles. The molecule has 0 spiro atoms. The minimum Gasteiger partial charge on any atom is -0.496 e. The Balaban J connectivity index is 2.15. The zero-order valence-corrected chi connectivity index (χ0v) is 12.2. The van der Waals surface area contributed by atoms with Crippen LogP contribution in [0.4, 0.5) is 0 Å². The van der Waals surface area contributed by atoms with Crippen LogP contribution in [-0.2, 0) is 11.2 Å². The van der Waals surface area contributed by atoms with Gasteiger partial charge in [-0.2, -0.15) is 0 Å². The molecule has 0 saturated carbocycles. The molecular weight excluding hydrogens is 242 g/mol. The largest absolute Gasteiger partial charge is 0.496 e. The first kappa shape index (κ1) is 13.6. The van der Waals surface area contributed by atoms with E-state index in [9.17, 15) is 0 Å². The molecule has 2 rings (SSSR count). The van der Waals surface area contributed by atoms with E-state index in [0.717, 1.165) is 44.6 Å². The van der Waals surface area contributed by atoms with E-state index in [1.54, 1.807) is 0 Å². The highest BCUT2D eigenvalue weighted by Crippen LogP contribution is 2.31. The molecule has 1 N–H and O–H groups in total. The number of thiophene rings is 1. The van der Waals surface area contributed by atoms with Gasteiger partial charge in [0.25, 0.3) is 0 Å². The van der Waals surface area contributed by atoms with E-state index in [1.165, 1.54) is 9.75 Å². The van der Waals surface area contributed by atoms with E-state index in [4.69, 9.17) is 4.74 Å². The Morgan fingerprint density at radius 1 is 1.39 bits per heavy atom. The van der Waals surface area contributed by atoms with E-state index in [2.05, 4.69) is 37.4 Å². The predicted molar refractivity (Wildman–Crippen MR) is 78.0 cm³/mol. The topological polar surface area (TPSA) is 21.3 Å². The van der Waals surface area contributed by atoms with Crippen molar-refractivity contribution in [2.45, 2.75) is 45.6 Å². The average molecular weight is 265 g/mol. The molecule has 18 heavy (non-hydrogen) atoms. The second-order valence-electron chi connectivity index (χ2n) is 4.64. The third kappa shape index (κ3) is 3.36. The van der Waals surface area contributed by atoms with Crippen LogP contribution in [0.25, 0.3) is 0 Å². The SMILES string of the molecule is CCCNC(C1=CCCCO1)c1ccc(CC)s1. The van der Waals surface area contributed by atoms with Crippen LogP contribution in [0.15, 0.2) is 24.0 Å². The van der Waals surface area contributed by atoms with Gasteiger partial charge < -0.3 is 10.1 Å². The van der Waals surface area contributed by atoms with Crippen molar-refractivity contribution in [2.75, 3.05) is 13.2 Å². The standard InChI is InChI=1S/C15H23NOS/c1-3-10-16-15(13-7-5-6-11-17-13)14-9-8-12(4-2)18-14/h7-9,15-16H,3-6,10-11H2,1-2H3. The van der Waals surface area contributed by atoms with Crippen LogP contribution in [0, 0.1) is 0 Å². The van der Waals surface area contributed by atoms with Gasteiger partial charge in [-0.15, -0.1) is 11.3 Å². The summed E-state index contributed by atoms with van der Waals surface area (Å²) in [6, 6.07) is 4.75. The molecule has 100 valence electrons. The Morgan fingerprint density at radius 3 is 2.89 bits per heavy atom. The van der Waals surface area contributed by atoms with Crippen molar-refractivity contribution < 1.29 is 4.74 Å². The van der Waals surface area contributed by atoms with Crippen LogP contribution in [0.3, 0.4) is 0 Å². The molecular formula is C15H23NOS. The highest BCUT2D eigenvalue weighted by atomic mass is 32.1. The molecule has 0 radical (unpaired) electrons. The van der Waals surface area contributed by atoms with E-state index in [0.29, 0.717) is 0 Å². The van der Waals surface area contributed by atoms with E-state index in [1.807, 2.05) is 11.3 Å². The molecule has 3 heteroatoms. The first-order valence-electron chi connectivity index (χ1n) is 7.00. The third-order valence-electron chi connectivity index (χ3n) is 3.16. The van der Waals surface area contributed by atoms with Crippen LogP contribution in [0.1, 0.15) is 48.9 Å². The van der Waals surface area contributed by atoms with Crippen molar-refractivity contribution >= 4 is 11.3 Å². The minimum atomic E-state index is 0.260. The highest BCUT2D eigenvalue weighted by molar-refractivity contribution is 7.12. The summed E-state index contributed by atoms with van der Waals surface area (Å²) in [6.45, 7) is 6.30. The predicted octanol–water partition coefficient (Wildman–Crippen LogP) is 4.05. The first-order chi connectivity index (χ1) is 8.85. The van der Waals surface area contributed by atoms with Crippen molar-refractivity contribution in [1.82, 2.24) is 5.32 Å². The van der Waals surface area contributed by atoms with Crippen molar-refractivity contribution in [3.8, 4) is 0 Å². The maximum atomic E-state index is 5.84. The van der Waals surface area contributed by atoms with Gasteiger partial charge in [0.1, 0.15) is 5.76 Å². The zero-order chi connectivity index (χ0) is 12.8. The second kappa shape index (κ2) is 6.95. The Bertz CT molecular complexity index is 397. The second-order valence-corrected chi connectivity index (χ2v) is 5.84. The molecule has 2 heterocycles. The maximum Gasteiger partial charge on any atom is 0.114 e. The Kier molecular flexibility index (Phi) is 5.26. The van der Waals surface area contributed by atoms with Crippen molar-refractivity contribution in [3.05, 3.63) is 33.7 Å². The number of ether oxygens (including phenoxy) is 1. The van der Waals surface area contributed by atoms with Crippen LogP contribution in [0.2, 0.25) is 0 Å². The van der Waals surface area contributed by atoms with Crippen molar-refractivity contribution in [3.63, 3.8) is 0 Å². The van der Waals surface area contributed by atoms with Gasteiger partial charge >= 0.3 is 0 Å². The quantitative estimate of drug-likeness (QED) is 0.838. The summed E-state index contributed by atoms with van der Waals surface area (Å²) in [5.74, 6) is 1.12. The molecule has 0 saturated heterocycles. The van der Waals surface area contributed by atoms with Crippen LogP contribution in [0.5, 0.6) is 0 Å². The number of hydrogen-bond donors (Lipinski definition) is 1. The van der Waals surface area contributed by atoms with Crippen LogP contribution >= 0.6 is 11.3 Å². The summed E-state index contributed by atoms with van der Waals surface area (Å²) in [7, 11) is 0. The molecule has 1 unspecified atom stereocenters. The Hall–Kier alpha value is -0.800. The number of hydrogen-bond acceptors (Lipinski definition) is 3. The first-order valence-corrected chi connectivity index (χ1v) is 7.81. The summed E-state index contributed by atoms with van der Waals surface area (Å²) in [5, 5.41) is 3.61. The van der Waals surface area contributed by atoms with Crippen LogP contribution in [-0.4, -0.2) is 13.2 Å². The van der Waals surface area contributed by atoms with E-state index in [-0.39, 0.29) is 6.04 Å². The molecule has 1 aromatic heterocycles. The number of allylic oxidation sites excluding steroid dienone is 1. The maximum absolute atomic E-state index is 5.84. The Morgan fingerprint density at radius 2 is 2.28 bits per heavy atom. The summed E-state index contributed by atoms with van der Waals surface area (Å²) in [5.41, 5.74) is 0. The lowest BCUT2D eigenvalue weighted by atomic mass is 10.1. The molecule has 0 aromatic carbocycles. The van der Waals surface area contributed by atoms with Crippen molar-refractivity contribution in [1.29, 1.82) is 0 Å². The van der Waals surface area contributed by atoms with E-state index < -0.39 is 0 Å². The van der Waals surface area contributed by atoms with E-state index >= 15 is 0 Å². The fraction of sp³-hybridized carbons (Fsp3) is 0.600. The zero-order valence-electron chi connectivity index (χ0n) is 11.4. The fourth-order valence-corrected chi connectivity index (χ4v) is 3.18. The highest BCUT2D eigenvalue weighted by Gasteiger charge is 2.20. The molecule has 0 fully saturated rings. The van der Waals surface area contributed by atoms with Gasteiger partial charge in [-0.05, 0) is 50.4 Å². The molecule has 1 aromatic rings. The van der Waals surface area contributed by atoms with Gasteiger partial charge in [-0.1, -0.05) is 13.8 Å². The van der Waals surface area contributed by atoms with Gasteiger partial charge in [0.2, 0.25) is 0 Å². The normalized spacial score (nSPS) is 17.1. The molecule has 0 aliphatic carbocycles. The summed E-state index contributed by atoms with van der Waals surface area (Å²) in [6.07, 6.45) is 6.81. The third-order valence-corrected chi connectivity index (χ3v) is 4.46. The Labute approximate surface area is 114 Å². The summed E-state index contributed by atoms with van der Waals surface area (Å²) >= 11 is 1.90. The lowest BCUT2D eigenvalue weighted by molar-refractivity contribution is 0.168. The number of nitrogens with one attached hydrogen (secondary N) is 1. The van der Waals surface area contributed by atoms with Gasteiger partial charge in [0.15, 0.2) is 0 Å². The lowest BCUT2D eigenvalue weighted by Gasteiger charge is -2.24. The molecule has 1 atom stereocenters. The van der Waals surface area contributed by atoms with Gasteiger partial charge in [0.05, 0.1) is 12.6 Å². The minimum absolute atomic E-state index is 0.260. The molecule has 0 bridgehead atoms. The van der Waals surface area contributed by atoms with Crippen LogP contribution < -0.4 is 5.32 Å². The van der Waals surface area contributed by atoms with Gasteiger partial charge in [-0.3, -0.25) is 0 Å². The van der Waals surface area contributed by atoms with Gasteiger partial charge in [0, 0.05) is 9.75 Å².